The van der Waals surface area contributed by atoms with Crippen molar-refractivity contribution in [3.05, 3.63) is 11.4 Å². The minimum absolute atomic E-state index is 0.0577. The van der Waals surface area contributed by atoms with Gasteiger partial charge in [-0.15, -0.1) is 0 Å². The van der Waals surface area contributed by atoms with E-state index in [-0.39, 0.29) is 5.41 Å². The van der Waals surface area contributed by atoms with E-state index in [0.717, 1.165) is 24.2 Å². The van der Waals surface area contributed by atoms with Gasteiger partial charge in [0.15, 0.2) is 5.75 Å². The zero-order valence-corrected chi connectivity index (χ0v) is 9.76. The molecular formula is C11H20N2O. The molecule has 3 heteroatoms. The monoisotopic (exact) mass is 196 g/mol. The van der Waals surface area contributed by atoms with Gasteiger partial charge < -0.3 is 5.11 Å². The number of hydrogen-bond acceptors (Lipinski definition) is 2. The second-order valence-electron chi connectivity index (χ2n) is 4.77. The third kappa shape index (κ3) is 1.91. The minimum atomic E-state index is -0.0577. The molecule has 1 heterocycles. The van der Waals surface area contributed by atoms with Gasteiger partial charge in [-0.25, -0.2) is 0 Å². The molecule has 3 nitrogen and oxygen atoms in total. The number of aryl methyl sites for hydroxylation is 2. The van der Waals surface area contributed by atoms with Crippen LogP contribution in [0.15, 0.2) is 0 Å². The molecule has 0 aliphatic carbocycles. The number of aromatic nitrogens is 2. The lowest BCUT2D eigenvalue weighted by Crippen LogP contribution is -2.16. The van der Waals surface area contributed by atoms with Crippen molar-refractivity contribution < 1.29 is 5.11 Å². The van der Waals surface area contributed by atoms with Crippen LogP contribution in [0.25, 0.3) is 0 Å². The van der Waals surface area contributed by atoms with Gasteiger partial charge in [0.05, 0.1) is 5.69 Å². The third-order valence-corrected chi connectivity index (χ3v) is 2.29. The number of aromatic hydroxyl groups is 1. The van der Waals surface area contributed by atoms with E-state index in [9.17, 15) is 5.11 Å². The molecule has 1 rings (SSSR count). The Morgan fingerprint density at radius 1 is 1.36 bits per heavy atom. The molecule has 0 saturated heterocycles. The van der Waals surface area contributed by atoms with E-state index in [0.29, 0.717) is 5.75 Å². The summed E-state index contributed by atoms with van der Waals surface area (Å²) in [5.74, 6) is 0.377. The topological polar surface area (TPSA) is 38.0 Å². The summed E-state index contributed by atoms with van der Waals surface area (Å²) in [6, 6.07) is 0. The van der Waals surface area contributed by atoms with Crippen molar-refractivity contribution in [3.8, 4) is 5.75 Å². The first-order chi connectivity index (χ1) is 6.38. The first-order valence-electron chi connectivity index (χ1n) is 5.13. The molecule has 0 aliphatic rings. The van der Waals surface area contributed by atoms with E-state index in [1.54, 1.807) is 4.68 Å². The minimum Gasteiger partial charge on any atom is -0.504 e. The highest BCUT2D eigenvalue weighted by atomic mass is 16.3. The second-order valence-corrected chi connectivity index (χ2v) is 4.77. The highest BCUT2D eigenvalue weighted by molar-refractivity contribution is 5.36. The molecule has 0 fully saturated rings. The van der Waals surface area contributed by atoms with Crippen LogP contribution in [0.5, 0.6) is 5.75 Å². The van der Waals surface area contributed by atoms with Gasteiger partial charge in [0.1, 0.15) is 5.69 Å². The molecule has 1 aromatic heterocycles. The van der Waals surface area contributed by atoms with Crippen molar-refractivity contribution in [1.82, 2.24) is 9.78 Å². The van der Waals surface area contributed by atoms with Gasteiger partial charge in [-0.1, -0.05) is 34.1 Å². The summed E-state index contributed by atoms with van der Waals surface area (Å²) in [5.41, 5.74) is 1.68. The zero-order valence-electron chi connectivity index (χ0n) is 9.76. The van der Waals surface area contributed by atoms with E-state index in [4.69, 9.17) is 0 Å². The van der Waals surface area contributed by atoms with Crippen LogP contribution in [0.1, 0.15) is 45.5 Å². The van der Waals surface area contributed by atoms with Gasteiger partial charge in [0, 0.05) is 12.5 Å². The van der Waals surface area contributed by atoms with Crippen molar-refractivity contribution in [2.24, 2.45) is 7.05 Å². The predicted molar refractivity (Wildman–Crippen MR) is 57.6 cm³/mol. The molecule has 0 spiro atoms. The Hall–Kier alpha value is -0.990. The molecule has 0 radical (unpaired) electrons. The molecule has 14 heavy (non-hydrogen) atoms. The van der Waals surface area contributed by atoms with E-state index < -0.39 is 0 Å². The third-order valence-electron chi connectivity index (χ3n) is 2.29. The second kappa shape index (κ2) is 3.64. The Morgan fingerprint density at radius 2 is 1.93 bits per heavy atom. The van der Waals surface area contributed by atoms with Crippen molar-refractivity contribution in [2.75, 3.05) is 0 Å². The first kappa shape index (κ1) is 11.1. The van der Waals surface area contributed by atoms with Gasteiger partial charge in [-0.2, -0.15) is 5.10 Å². The van der Waals surface area contributed by atoms with Crippen LogP contribution in [0.4, 0.5) is 0 Å². The maximum atomic E-state index is 9.99. The van der Waals surface area contributed by atoms with Gasteiger partial charge >= 0.3 is 0 Å². The van der Waals surface area contributed by atoms with Crippen LogP contribution >= 0.6 is 0 Å². The van der Waals surface area contributed by atoms with Crippen LogP contribution in [0.3, 0.4) is 0 Å². The Bertz CT molecular complexity index is 321. The highest BCUT2D eigenvalue weighted by Gasteiger charge is 2.25. The molecule has 0 bridgehead atoms. The summed E-state index contributed by atoms with van der Waals surface area (Å²) in [6.45, 7) is 8.34. The van der Waals surface area contributed by atoms with Crippen LogP contribution in [-0.4, -0.2) is 14.9 Å². The molecule has 0 aliphatic heterocycles. The van der Waals surface area contributed by atoms with Crippen molar-refractivity contribution >= 4 is 0 Å². The number of hydrogen-bond donors (Lipinski definition) is 1. The van der Waals surface area contributed by atoms with Gasteiger partial charge in [0.25, 0.3) is 0 Å². The Morgan fingerprint density at radius 3 is 2.29 bits per heavy atom. The summed E-state index contributed by atoms with van der Waals surface area (Å²) < 4.78 is 1.79. The molecule has 0 atom stereocenters. The molecule has 0 aromatic carbocycles. The largest absolute Gasteiger partial charge is 0.504 e. The highest BCUT2D eigenvalue weighted by Crippen LogP contribution is 2.32. The van der Waals surface area contributed by atoms with Gasteiger partial charge in [-0.05, 0) is 6.42 Å². The summed E-state index contributed by atoms with van der Waals surface area (Å²) in [6.07, 6.45) is 1.85. The van der Waals surface area contributed by atoms with E-state index >= 15 is 0 Å². The number of nitrogens with zero attached hydrogens (tertiary/aromatic N) is 2. The van der Waals surface area contributed by atoms with Crippen molar-refractivity contribution in [1.29, 1.82) is 0 Å². The average molecular weight is 196 g/mol. The normalized spacial score (nSPS) is 12.1. The van der Waals surface area contributed by atoms with Crippen LogP contribution in [-0.2, 0) is 18.9 Å². The van der Waals surface area contributed by atoms with E-state index in [1.807, 2.05) is 7.05 Å². The molecule has 0 saturated carbocycles. The molecule has 80 valence electrons. The maximum absolute atomic E-state index is 9.99. The summed E-state index contributed by atoms with van der Waals surface area (Å²) in [4.78, 5) is 0. The first-order valence-corrected chi connectivity index (χ1v) is 5.13. The fourth-order valence-corrected chi connectivity index (χ4v) is 1.81. The summed E-state index contributed by atoms with van der Waals surface area (Å²) >= 11 is 0. The van der Waals surface area contributed by atoms with Crippen LogP contribution < -0.4 is 0 Å². The van der Waals surface area contributed by atoms with Crippen LogP contribution in [0.2, 0.25) is 0 Å². The summed E-state index contributed by atoms with van der Waals surface area (Å²) in [7, 11) is 1.89. The fourth-order valence-electron chi connectivity index (χ4n) is 1.81. The van der Waals surface area contributed by atoms with Crippen molar-refractivity contribution in [2.45, 2.75) is 46.0 Å². The molecule has 0 amide bonds. The summed E-state index contributed by atoms with van der Waals surface area (Å²) in [5, 5.41) is 14.3. The smallest absolute Gasteiger partial charge is 0.160 e. The molecule has 1 N–H and O–H groups in total. The fraction of sp³-hybridized carbons (Fsp3) is 0.727. The Labute approximate surface area is 85.8 Å². The SMILES string of the molecule is CCCc1nn(C)c(C(C)(C)C)c1O. The molecular weight excluding hydrogens is 176 g/mol. The van der Waals surface area contributed by atoms with E-state index in [1.165, 1.54) is 0 Å². The molecule has 1 aromatic rings. The average Bonchev–Trinajstić information content (AvgIpc) is 2.26. The maximum Gasteiger partial charge on any atom is 0.160 e. The van der Waals surface area contributed by atoms with Crippen LogP contribution in [0, 0.1) is 0 Å². The standard InChI is InChI=1S/C11H20N2O/c1-6-7-8-9(14)10(11(2,3)4)13(5)12-8/h14H,6-7H2,1-5H3. The predicted octanol–water partition coefficient (Wildman–Crippen LogP) is 2.38. The number of rotatable bonds is 2. The molecule has 0 unspecified atom stereocenters. The van der Waals surface area contributed by atoms with Gasteiger partial charge in [0.2, 0.25) is 0 Å². The van der Waals surface area contributed by atoms with Gasteiger partial charge in [-0.3, -0.25) is 4.68 Å². The quantitative estimate of drug-likeness (QED) is 0.788. The Balaban J connectivity index is 3.18. The lowest BCUT2D eigenvalue weighted by molar-refractivity contribution is 0.431. The van der Waals surface area contributed by atoms with Crippen molar-refractivity contribution in [3.63, 3.8) is 0 Å². The lowest BCUT2D eigenvalue weighted by Gasteiger charge is -2.18. The lowest BCUT2D eigenvalue weighted by atomic mass is 9.91. The Kier molecular flexibility index (Phi) is 2.88. The zero-order chi connectivity index (χ0) is 10.9. The van der Waals surface area contributed by atoms with E-state index in [2.05, 4.69) is 32.8 Å².